The standard InChI is InChI=1S/C14H9NO2S/c16-9-11-6-7-13(18-11)14-15-8-12(17-14)10-4-2-1-3-5-10/h1-9H. The third-order valence-corrected chi connectivity index (χ3v) is 3.52. The largest absolute Gasteiger partial charge is 0.435 e. The maximum atomic E-state index is 10.6. The van der Waals surface area contributed by atoms with Gasteiger partial charge in [-0.15, -0.1) is 11.3 Å². The van der Waals surface area contributed by atoms with E-state index < -0.39 is 0 Å². The molecule has 4 heteroatoms. The Labute approximate surface area is 108 Å². The molecule has 0 unspecified atom stereocenters. The highest BCUT2D eigenvalue weighted by atomic mass is 32.1. The highest BCUT2D eigenvalue weighted by Crippen LogP contribution is 2.30. The van der Waals surface area contributed by atoms with Crippen molar-refractivity contribution in [2.24, 2.45) is 0 Å². The van der Waals surface area contributed by atoms with Crippen molar-refractivity contribution in [1.29, 1.82) is 0 Å². The lowest BCUT2D eigenvalue weighted by atomic mass is 10.2. The van der Waals surface area contributed by atoms with Gasteiger partial charge in [-0.3, -0.25) is 4.79 Å². The molecule has 3 nitrogen and oxygen atoms in total. The van der Waals surface area contributed by atoms with Crippen LogP contribution in [0.3, 0.4) is 0 Å². The molecule has 0 amide bonds. The molecule has 18 heavy (non-hydrogen) atoms. The summed E-state index contributed by atoms with van der Waals surface area (Å²) >= 11 is 1.37. The van der Waals surface area contributed by atoms with E-state index in [0.29, 0.717) is 10.8 Å². The van der Waals surface area contributed by atoms with E-state index in [1.165, 1.54) is 11.3 Å². The first-order valence-corrected chi connectivity index (χ1v) is 6.25. The van der Waals surface area contributed by atoms with E-state index in [4.69, 9.17) is 4.42 Å². The van der Waals surface area contributed by atoms with Crippen LogP contribution in [0.1, 0.15) is 9.67 Å². The van der Waals surface area contributed by atoms with Gasteiger partial charge in [-0.1, -0.05) is 30.3 Å². The third-order valence-electron chi connectivity index (χ3n) is 2.52. The molecular formula is C14H9NO2S. The SMILES string of the molecule is O=Cc1ccc(-c2ncc(-c3ccccc3)o2)s1. The Hall–Kier alpha value is -2.20. The van der Waals surface area contributed by atoms with Crippen LogP contribution < -0.4 is 0 Å². The van der Waals surface area contributed by atoms with Crippen molar-refractivity contribution in [1.82, 2.24) is 4.98 Å². The second kappa shape index (κ2) is 4.58. The zero-order chi connectivity index (χ0) is 12.4. The molecule has 0 radical (unpaired) electrons. The lowest BCUT2D eigenvalue weighted by Crippen LogP contribution is -1.70. The minimum atomic E-state index is 0.548. The minimum absolute atomic E-state index is 0.548. The van der Waals surface area contributed by atoms with Gasteiger partial charge in [0.15, 0.2) is 12.0 Å². The van der Waals surface area contributed by atoms with Crippen LogP contribution in [0.4, 0.5) is 0 Å². The number of hydrogen-bond donors (Lipinski definition) is 0. The molecule has 0 aliphatic heterocycles. The van der Waals surface area contributed by atoms with E-state index in [1.807, 2.05) is 36.4 Å². The number of thiophene rings is 1. The van der Waals surface area contributed by atoms with Gasteiger partial charge in [0.25, 0.3) is 0 Å². The number of hydrogen-bond acceptors (Lipinski definition) is 4. The van der Waals surface area contributed by atoms with E-state index in [2.05, 4.69) is 4.98 Å². The summed E-state index contributed by atoms with van der Waals surface area (Å²) in [5.41, 5.74) is 0.989. The van der Waals surface area contributed by atoms with Crippen molar-refractivity contribution < 1.29 is 9.21 Å². The summed E-state index contributed by atoms with van der Waals surface area (Å²) in [7, 11) is 0. The van der Waals surface area contributed by atoms with Gasteiger partial charge >= 0.3 is 0 Å². The predicted molar refractivity (Wildman–Crippen MR) is 70.6 cm³/mol. The first-order valence-electron chi connectivity index (χ1n) is 5.43. The topological polar surface area (TPSA) is 43.1 Å². The van der Waals surface area contributed by atoms with Gasteiger partial charge in [-0.05, 0) is 12.1 Å². The summed E-state index contributed by atoms with van der Waals surface area (Å²) in [5.74, 6) is 1.28. The summed E-state index contributed by atoms with van der Waals surface area (Å²) in [6, 6.07) is 13.4. The van der Waals surface area contributed by atoms with E-state index in [-0.39, 0.29) is 0 Å². The molecule has 0 saturated carbocycles. The maximum Gasteiger partial charge on any atom is 0.236 e. The Morgan fingerprint density at radius 3 is 2.67 bits per heavy atom. The van der Waals surface area contributed by atoms with Crippen LogP contribution in [0.2, 0.25) is 0 Å². The Bertz CT molecular complexity index is 670. The Balaban J connectivity index is 1.96. The molecule has 3 rings (SSSR count). The molecule has 0 N–H and O–H groups in total. The number of carbonyl (C=O) groups excluding carboxylic acids is 1. The van der Waals surface area contributed by atoms with Gasteiger partial charge in [0.05, 0.1) is 16.0 Å². The van der Waals surface area contributed by atoms with Gasteiger partial charge in [-0.25, -0.2) is 4.98 Å². The van der Waals surface area contributed by atoms with Crippen LogP contribution in [0.15, 0.2) is 53.1 Å². The summed E-state index contributed by atoms with van der Waals surface area (Å²) in [4.78, 5) is 16.4. The summed E-state index contributed by atoms with van der Waals surface area (Å²) in [6.45, 7) is 0. The second-order valence-corrected chi connectivity index (χ2v) is 4.83. The molecule has 88 valence electrons. The molecule has 1 aromatic carbocycles. The third kappa shape index (κ3) is 1.98. The molecule has 3 aromatic rings. The van der Waals surface area contributed by atoms with Crippen LogP contribution >= 0.6 is 11.3 Å². The fourth-order valence-electron chi connectivity index (χ4n) is 1.66. The van der Waals surface area contributed by atoms with Crippen LogP contribution in [0.25, 0.3) is 22.1 Å². The molecule has 0 aliphatic rings. The Kier molecular flexibility index (Phi) is 2.78. The van der Waals surface area contributed by atoms with Crippen molar-refractivity contribution in [2.75, 3.05) is 0 Å². The van der Waals surface area contributed by atoms with Gasteiger partial charge < -0.3 is 4.42 Å². The Morgan fingerprint density at radius 2 is 1.94 bits per heavy atom. The number of benzene rings is 1. The number of carbonyl (C=O) groups is 1. The van der Waals surface area contributed by atoms with Crippen LogP contribution in [0.5, 0.6) is 0 Å². The number of nitrogens with zero attached hydrogens (tertiary/aromatic N) is 1. The predicted octanol–water partition coefficient (Wildman–Crippen LogP) is 3.88. The average molecular weight is 255 g/mol. The molecule has 0 aliphatic carbocycles. The molecule has 0 fully saturated rings. The van der Waals surface area contributed by atoms with Crippen LogP contribution in [0, 0.1) is 0 Å². The molecular weight excluding hydrogens is 246 g/mol. The van der Waals surface area contributed by atoms with E-state index in [9.17, 15) is 4.79 Å². The molecule has 0 spiro atoms. The quantitative estimate of drug-likeness (QED) is 0.667. The number of aldehydes is 1. The van der Waals surface area contributed by atoms with Gasteiger partial charge in [-0.2, -0.15) is 0 Å². The Morgan fingerprint density at radius 1 is 1.11 bits per heavy atom. The molecule has 0 saturated heterocycles. The van der Waals surface area contributed by atoms with Gasteiger partial charge in [0.2, 0.25) is 5.89 Å². The summed E-state index contributed by atoms with van der Waals surface area (Å²) < 4.78 is 5.70. The first-order chi connectivity index (χ1) is 8.86. The van der Waals surface area contributed by atoms with Gasteiger partial charge in [0, 0.05) is 5.56 Å². The number of oxazole rings is 1. The van der Waals surface area contributed by atoms with Crippen molar-refractivity contribution >= 4 is 17.6 Å². The average Bonchev–Trinajstić information content (AvgIpc) is 3.08. The molecule has 0 bridgehead atoms. The molecule has 2 heterocycles. The van der Waals surface area contributed by atoms with Crippen LogP contribution in [-0.4, -0.2) is 11.3 Å². The van der Waals surface area contributed by atoms with Crippen LogP contribution in [-0.2, 0) is 0 Å². The number of rotatable bonds is 3. The summed E-state index contributed by atoms with van der Waals surface area (Å²) in [6.07, 6.45) is 2.53. The monoisotopic (exact) mass is 255 g/mol. The normalized spacial score (nSPS) is 10.4. The lowest BCUT2D eigenvalue weighted by molar-refractivity contribution is 0.112. The van der Waals surface area contributed by atoms with Crippen molar-refractivity contribution in [3.63, 3.8) is 0 Å². The van der Waals surface area contributed by atoms with E-state index in [0.717, 1.165) is 22.5 Å². The molecule has 0 atom stereocenters. The highest BCUT2D eigenvalue weighted by molar-refractivity contribution is 7.16. The van der Waals surface area contributed by atoms with Crippen molar-refractivity contribution in [3.8, 4) is 22.1 Å². The smallest absolute Gasteiger partial charge is 0.236 e. The molecule has 2 aromatic heterocycles. The van der Waals surface area contributed by atoms with Gasteiger partial charge in [0.1, 0.15) is 0 Å². The van der Waals surface area contributed by atoms with E-state index >= 15 is 0 Å². The lowest BCUT2D eigenvalue weighted by Gasteiger charge is -1.93. The maximum absolute atomic E-state index is 10.6. The second-order valence-electron chi connectivity index (χ2n) is 3.72. The first kappa shape index (κ1) is 10.9. The van der Waals surface area contributed by atoms with Crippen molar-refractivity contribution in [3.05, 3.63) is 53.5 Å². The van der Waals surface area contributed by atoms with E-state index in [1.54, 1.807) is 12.3 Å². The summed E-state index contributed by atoms with van der Waals surface area (Å²) in [5, 5.41) is 0. The minimum Gasteiger partial charge on any atom is -0.435 e. The zero-order valence-corrected chi connectivity index (χ0v) is 10.2. The fraction of sp³-hybridized carbons (Fsp3) is 0. The van der Waals surface area contributed by atoms with Crippen molar-refractivity contribution in [2.45, 2.75) is 0 Å². The number of aromatic nitrogens is 1. The zero-order valence-electron chi connectivity index (χ0n) is 9.37. The fourth-order valence-corrected chi connectivity index (χ4v) is 2.41. The highest BCUT2D eigenvalue weighted by Gasteiger charge is 2.10.